The molecule has 0 spiro atoms. The lowest BCUT2D eigenvalue weighted by atomic mass is 10.0. The zero-order valence-electron chi connectivity index (χ0n) is 15.8. The molecule has 0 unspecified atom stereocenters. The number of nitrogens with one attached hydrogen (secondary N) is 1. The van der Waals surface area contributed by atoms with Crippen molar-refractivity contribution in [1.29, 1.82) is 0 Å². The molecule has 1 N–H and O–H groups in total. The number of likely N-dealkylation sites (tertiary alicyclic amines) is 1. The van der Waals surface area contributed by atoms with Gasteiger partial charge >= 0.3 is 0 Å². The molecule has 27 heavy (non-hydrogen) atoms. The highest BCUT2D eigenvalue weighted by atomic mass is 79.9. The maximum absolute atomic E-state index is 12.3. The number of ether oxygens (including phenoxy) is 1. The van der Waals surface area contributed by atoms with Crippen LogP contribution < -0.4 is 10.1 Å². The number of carbonyl (C=O) groups excluding carboxylic acids is 1. The van der Waals surface area contributed by atoms with E-state index in [4.69, 9.17) is 4.74 Å². The van der Waals surface area contributed by atoms with Crippen LogP contribution in [0.4, 0.5) is 0 Å². The molecule has 0 bridgehead atoms. The number of aryl methyl sites for hydroxylation is 1. The van der Waals surface area contributed by atoms with Crippen LogP contribution in [0.25, 0.3) is 0 Å². The molecule has 2 aromatic carbocycles. The van der Waals surface area contributed by atoms with Gasteiger partial charge < -0.3 is 10.1 Å². The second-order valence-electron chi connectivity index (χ2n) is 7.07. The fourth-order valence-corrected chi connectivity index (χ4v) is 3.68. The van der Waals surface area contributed by atoms with E-state index in [2.05, 4.69) is 57.3 Å². The normalized spacial score (nSPS) is 15.9. The largest absolute Gasteiger partial charge is 0.484 e. The summed E-state index contributed by atoms with van der Waals surface area (Å²) < 4.78 is 6.56. The smallest absolute Gasteiger partial charge is 0.258 e. The average molecular weight is 431 g/mol. The van der Waals surface area contributed by atoms with Crippen LogP contribution in [0.5, 0.6) is 5.75 Å². The highest BCUT2D eigenvalue weighted by Gasteiger charge is 2.22. The number of carbonyl (C=O) groups is 1. The van der Waals surface area contributed by atoms with Crippen LogP contribution in [0.3, 0.4) is 0 Å². The Balaban J connectivity index is 1.57. The summed E-state index contributed by atoms with van der Waals surface area (Å²) >= 11 is 3.39. The van der Waals surface area contributed by atoms with Gasteiger partial charge in [-0.25, -0.2) is 0 Å². The Morgan fingerprint density at radius 3 is 2.41 bits per heavy atom. The minimum atomic E-state index is -0.0907. The Morgan fingerprint density at radius 1 is 1.07 bits per heavy atom. The third-order valence-corrected chi connectivity index (χ3v) is 5.50. The van der Waals surface area contributed by atoms with Gasteiger partial charge in [-0.05, 0) is 62.7 Å². The van der Waals surface area contributed by atoms with Gasteiger partial charge in [-0.3, -0.25) is 9.69 Å². The molecule has 0 radical (unpaired) electrons. The predicted octanol–water partition coefficient (Wildman–Crippen LogP) is 4.48. The van der Waals surface area contributed by atoms with Crippen molar-refractivity contribution in [1.82, 2.24) is 10.2 Å². The predicted molar refractivity (Wildman–Crippen MR) is 112 cm³/mol. The van der Waals surface area contributed by atoms with Gasteiger partial charge in [-0.2, -0.15) is 0 Å². The maximum atomic E-state index is 12.3. The lowest BCUT2D eigenvalue weighted by Gasteiger charge is -2.35. The second-order valence-corrected chi connectivity index (χ2v) is 7.99. The molecule has 0 aromatic heterocycles. The standard InChI is InChI=1S/C22H27BrN2O2/c1-17-5-7-18(8-6-17)21(25-13-3-2-4-14-25)15-24-22(26)16-27-20-11-9-19(23)10-12-20/h5-12,21H,2-4,13-16H2,1H3,(H,24,26)/t21-/m1/s1. The van der Waals surface area contributed by atoms with E-state index in [-0.39, 0.29) is 18.6 Å². The molecular weight excluding hydrogens is 404 g/mol. The molecule has 4 nitrogen and oxygen atoms in total. The molecule has 3 rings (SSSR count). The summed E-state index contributed by atoms with van der Waals surface area (Å²) in [5.41, 5.74) is 2.51. The van der Waals surface area contributed by atoms with Crippen molar-refractivity contribution in [2.75, 3.05) is 26.2 Å². The van der Waals surface area contributed by atoms with Crippen LogP contribution in [0, 0.1) is 6.92 Å². The SMILES string of the molecule is Cc1ccc([C@@H](CNC(=O)COc2ccc(Br)cc2)N2CCCCC2)cc1. The molecule has 0 aliphatic carbocycles. The molecule has 1 amide bonds. The fourth-order valence-electron chi connectivity index (χ4n) is 3.42. The summed E-state index contributed by atoms with van der Waals surface area (Å²) in [5, 5.41) is 3.06. The van der Waals surface area contributed by atoms with Crippen molar-refractivity contribution in [2.45, 2.75) is 32.2 Å². The number of halogens is 1. The van der Waals surface area contributed by atoms with E-state index in [0.717, 1.165) is 17.6 Å². The van der Waals surface area contributed by atoms with E-state index in [9.17, 15) is 4.79 Å². The Kier molecular flexibility index (Phi) is 7.30. The Hall–Kier alpha value is -1.85. The van der Waals surface area contributed by atoms with Crippen molar-refractivity contribution in [3.05, 3.63) is 64.1 Å². The van der Waals surface area contributed by atoms with Gasteiger partial charge in [0.25, 0.3) is 5.91 Å². The van der Waals surface area contributed by atoms with E-state index < -0.39 is 0 Å². The number of hydrogen-bond donors (Lipinski definition) is 1. The second kappa shape index (κ2) is 9.90. The van der Waals surface area contributed by atoms with Crippen LogP contribution >= 0.6 is 15.9 Å². The molecule has 5 heteroatoms. The average Bonchev–Trinajstić information content (AvgIpc) is 2.70. The summed E-state index contributed by atoms with van der Waals surface area (Å²) in [6, 6.07) is 16.4. The molecule has 2 aromatic rings. The summed E-state index contributed by atoms with van der Waals surface area (Å²) in [5.74, 6) is 0.603. The monoisotopic (exact) mass is 430 g/mol. The van der Waals surface area contributed by atoms with Gasteiger partial charge in [0, 0.05) is 11.0 Å². The molecular formula is C22H27BrN2O2. The van der Waals surface area contributed by atoms with Crippen molar-refractivity contribution in [3.8, 4) is 5.75 Å². The van der Waals surface area contributed by atoms with E-state index in [1.807, 2.05) is 24.3 Å². The number of rotatable bonds is 7. The van der Waals surface area contributed by atoms with Crippen LogP contribution in [0.1, 0.15) is 36.4 Å². The van der Waals surface area contributed by atoms with Gasteiger partial charge in [0.05, 0.1) is 6.04 Å². The van der Waals surface area contributed by atoms with Gasteiger partial charge in [-0.1, -0.05) is 52.2 Å². The third kappa shape index (κ3) is 6.08. The zero-order chi connectivity index (χ0) is 19.1. The molecule has 1 fully saturated rings. The van der Waals surface area contributed by atoms with Crippen molar-refractivity contribution >= 4 is 21.8 Å². The zero-order valence-corrected chi connectivity index (χ0v) is 17.4. The van der Waals surface area contributed by atoms with Gasteiger partial charge in [0.15, 0.2) is 6.61 Å². The number of amides is 1. The van der Waals surface area contributed by atoms with Crippen LogP contribution in [-0.2, 0) is 4.79 Å². The van der Waals surface area contributed by atoms with Crippen molar-refractivity contribution in [2.24, 2.45) is 0 Å². The summed E-state index contributed by atoms with van der Waals surface area (Å²) in [6.07, 6.45) is 3.75. The number of piperidine rings is 1. The van der Waals surface area contributed by atoms with Crippen molar-refractivity contribution in [3.63, 3.8) is 0 Å². The highest BCUT2D eigenvalue weighted by molar-refractivity contribution is 9.10. The van der Waals surface area contributed by atoms with E-state index in [0.29, 0.717) is 12.3 Å². The van der Waals surface area contributed by atoms with Crippen LogP contribution in [0.2, 0.25) is 0 Å². The molecule has 1 aliphatic rings. The molecule has 1 aliphatic heterocycles. The van der Waals surface area contributed by atoms with Crippen LogP contribution in [0.15, 0.2) is 53.0 Å². The summed E-state index contributed by atoms with van der Waals surface area (Å²) in [6.45, 7) is 4.91. The lowest BCUT2D eigenvalue weighted by molar-refractivity contribution is -0.123. The first-order valence-corrected chi connectivity index (χ1v) is 10.4. The Morgan fingerprint density at radius 2 is 1.74 bits per heavy atom. The first-order chi connectivity index (χ1) is 13.1. The molecule has 144 valence electrons. The summed E-state index contributed by atoms with van der Waals surface area (Å²) in [7, 11) is 0. The lowest BCUT2D eigenvalue weighted by Crippen LogP contribution is -2.41. The molecule has 1 atom stereocenters. The van der Waals surface area contributed by atoms with Crippen LogP contribution in [-0.4, -0.2) is 37.0 Å². The third-order valence-electron chi connectivity index (χ3n) is 4.97. The van der Waals surface area contributed by atoms with Gasteiger partial charge in [-0.15, -0.1) is 0 Å². The van der Waals surface area contributed by atoms with E-state index >= 15 is 0 Å². The Bertz CT molecular complexity index is 725. The van der Waals surface area contributed by atoms with Gasteiger partial charge in [0.1, 0.15) is 5.75 Å². The first-order valence-electron chi connectivity index (χ1n) is 9.57. The fraction of sp³-hybridized carbons (Fsp3) is 0.409. The number of nitrogens with zero attached hydrogens (tertiary/aromatic N) is 1. The maximum Gasteiger partial charge on any atom is 0.258 e. The van der Waals surface area contributed by atoms with Gasteiger partial charge in [0.2, 0.25) is 0 Å². The van der Waals surface area contributed by atoms with E-state index in [1.165, 1.54) is 30.4 Å². The summed E-state index contributed by atoms with van der Waals surface area (Å²) in [4.78, 5) is 14.8. The number of benzene rings is 2. The molecule has 1 heterocycles. The topological polar surface area (TPSA) is 41.6 Å². The Labute approximate surface area is 170 Å². The minimum absolute atomic E-state index is 0.0300. The quantitative estimate of drug-likeness (QED) is 0.703. The first kappa shape index (κ1) is 19.9. The molecule has 0 saturated carbocycles. The number of hydrogen-bond acceptors (Lipinski definition) is 3. The highest BCUT2D eigenvalue weighted by Crippen LogP contribution is 2.24. The molecule has 1 saturated heterocycles. The van der Waals surface area contributed by atoms with E-state index in [1.54, 1.807) is 0 Å². The minimum Gasteiger partial charge on any atom is -0.484 e. The van der Waals surface area contributed by atoms with Crippen molar-refractivity contribution < 1.29 is 9.53 Å².